The molecule has 3 heterocycles. The van der Waals surface area contributed by atoms with Crippen LogP contribution in [-0.2, 0) is 19.6 Å². The molecule has 1 saturated heterocycles. The minimum atomic E-state index is -4.08. The van der Waals surface area contributed by atoms with Crippen LogP contribution >= 0.6 is 7.87 Å². The summed E-state index contributed by atoms with van der Waals surface area (Å²) in [5.41, 5.74) is 1.79. The van der Waals surface area contributed by atoms with E-state index in [1.807, 2.05) is 111 Å². The SMILES string of the molecule is COc1ccc(C(OC[C@H]2O[C@@H](n3cnc4c(NC(=O)c5ccccc5)ncnc43)[C@H](F)[C@@H]2O[PH](O)(CCC#N)N(C(C)C)C(C)C)(c2ccccc2)c2ccc(OC)cc2)cc1. The standard InChI is InChI=1S/C47H53FN7O7P/c1-31(2)55(32(3)4)63(57,27-13-26-49)62-42-39(61-46(40(42)48)54-30-52-41-43(50-29-51-44(41)54)53-45(56)33-14-9-7-10-15-33)28-60-47(34-16-11-8-12-17-34,35-18-22-37(58-5)23-19-35)36-20-24-38(59-6)25-21-36/h7-12,14-25,29-32,39-40,42,46,57,63H,13,27-28H2,1-6H3,(H,50,51,53,56)/t39-,40-,42-,46-/m1/s1. The van der Waals surface area contributed by atoms with Gasteiger partial charge >= 0.3 is 350 Å². The molecule has 0 radical (unpaired) electrons. The van der Waals surface area contributed by atoms with E-state index in [2.05, 4.69) is 26.3 Å². The number of amides is 1. The molecule has 1 fully saturated rings. The Morgan fingerprint density at radius 2 is 1.46 bits per heavy atom. The molecule has 14 nitrogen and oxygen atoms in total. The number of anilines is 1. The van der Waals surface area contributed by atoms with Crippen LogP contribution in [0.5, 0.6) is 11.5 Å². The number of ether oxygens (including phenoxy) is 4. The van der Waals surface area contributed by atoms with Crippen LogP contribution < -0.4 is 14.8 Å². The summed E-state index contributed by atoms with van der Waals surface area (Å²) in [6, 6.07) is 35.1. The third-order valence-corrected chi connectivity index (χ3v) is 14.6. The molecule has 0 unspecified atom stereocenters. The second-order valence-electron chi connectivity index (χ2n) is 15.8. The molecule has 330 valence electrons. The Bertz CT molecular complexity index is 2430. The number of nitrogens with zero attached hydrogens (tertiary/aromatic N) is 6. The Kier molecular flexibility index (Phi) is 14.1. The van der Waals surface area contributed by atoms with Crippen LogP contribution in [0.3, 0.4) is 0 Å². The molecule has 0 spiro atoms. The van der Waals surface area contributed by atoms with Gasteiger partial charge in [-0.1, -0.05) is 18.2 Å². The molecule has 63 heavy (non-hydrogen) atoms. The zero-order valence-corrected chi connectivity index (χ0v) is 37.1. The minimum absolute atomic E-state index is 0.00131. The molecule has 0 bridgehead atoms. The molecule has 0 saturated carbocycles. The number of halogens is 1. The second-order valence-corrected chi connectivity index (χ2v) is 18.5. The van der Waals surface area contributed by atoms with Gasteiger partial charge in [-0.25, -0.2) is 0 Å². The Hall–Kier alpha value is -5.85. The van der Waals surface area contributed by atoms with Crippen LogP contribution in [0.15, 0.2) is 122 Å². The predicted molar refractivity (Wildman–Crippen MR) is 239 cm³/mol. The number of imidazole rings is 1. The van der Waals surface area contributed by atoms with Crippen molar-refractivity contribution in [1.82, 2.24) is 24.2 Å². The number of methoxy groups -OCH3 is 2. The van der Waals surface area contributed by atoms with Crippen molar-refractivity contribution in [3.8, 4) is 17.6 Å². The van der Waals surface area contributed by atoms with Crippen molar-refractivity contribution < 1.29 is 37.5 Å². The van der Waals surface area contributed by atoms with Crippen LogP contribution in [0.25, 0.3) is 11.2 Å². The molecule has 16 heteroatoms. The number of hydrogen-bond acceptors (Lipinski definition) is 12. The van der Waals surface area contributed by atoms with E-state index in [0.29, 0.717) is 17.1 Å². The first kappa shape index (κ1) is 45.2. The molecule has 4 aromatic carbocycles. The number of carbonyl (C=O) groups is 1. The first-order valence-electron chi connectivity index (χ1n) is 20.8. The van der Waals surface area contributed by atoms with Gasteiger partial charge in [-0.15, -0.1) is 0 Å². The zero-order chi connectivity index (χ0) is 44.7. The average molecular weight is 878 g/mol. The van der Waals surface area contributed by atoms with Gasteiger partial charge in [0.15, 0.2) is 0 Å². The van der Waals surface area contributed by atoms with Gasteiger partial charge < -0.3 is 0 Å². The van der Waals surface area contributed by atoms with Crippen molar-refractivity contribution >= 4 is 30.8 Å². The fourth-order valence-corrected chi connectivity index (χ4v) is 11.7. The van der Waals surface area contributed by atoms with Crippen molar-refractivity contribution in [1.29, 1.82) is 5.26 Å². The van der Waals surface area contributed by atoms with E-state index in [0.717, 1.165) is 16.7 Å². The van der Waals surface area contributed by atoms with Gasteiger partial charge in [-0.05, 0) is 0 Å². The van der Waals surface area contributed by atoms with E-state index in [1.165, 1.54) is 17.2 Å². The molecular formula is C47H53FN7O7P. The van der Waals surface area contributed by atoms with Gasteiger partial charge in [0.25, 0.3) is 0 Å². The summed E-state index contributed by atoms with van der Waals surface area (Å²) < 4.78 is 52.7. The van der Waals surface area contributed by atoms with Crippen molar-refractivity contribution in [2.24, 2.45) is 0 Å². The number of fused-ring (bicyclic) bond motifs is 1. The summed E-state index contributed by atoms with van der Waals surface area (Å²) in [6.07, 6.45) is -3.21. The molecular weight excluding hydrogens is 825 g/mol. The number of benzene rings is 4. The van der Waals surface area contributed by atoms with Gasteiger partial charge in [0.2, 0.25) is 0 Å². The topological polar surface area (TPSA) is 166 Å². The van der Waals surface area contributed by atoms with E-state index >= 15 is 4.39 Å². The molecule has 6 aromatic rings. The van der Waals surface area contributed by atoms with Crippen LogP contribution in [0.1, 0.15) is 67.4 Å². The van der Waals surface area contributed by atoms with E-state index in [4.69, 9.17) is 23.5 Å². The van der Waals surface area contributed by atoms with Crippen LogP contribution in [0, 0.1) is 11.3 Å². The normalized spacial score (nSPS) is 18.2. The maximum atomic E-state index is 17.7. The van der Waals surface area contributed by atoms with Gasteiger partial charge in [0.05, 0.1) is 0 Å². The second kappa shape index (κ2) is 19.7. The van der Waals surface area contributed by atoms with Crippen molar-refractivity contribution in [3.05, 3.63) is 144 Å². The summed E-state index contributed by atoms with van der Waals surface area (Å²) in [7, 11) is -0.889. The summed E-state index contributed by atoms with van der Waals surface area (Å²) in [5.74, 6) is 1.01. The fourth-order valence-electron chi connectivity index (χ4n) is 8.46. The predicted octanol–water partition coefficient (Wildman–Crippen LogP) is 8.24. The third-order valence-electron chi connectivity index (χ3n) is 11.2. The van der Waals surface area contributed by atoms with Crippen molar-refractivity contribution in [2.45, 2.75) is 76.4 Å². The number of nitriles is 1. The number of alkyl halides is 1. The van der Waals surface area contributed by atoms with Gasteiger partial charge in [0, 0.05) is 0 Å². The monoisotopic (exact) mass is 877 g/mol. The van der Waals surface area contributed by atoms with E-state index < -0.39 is 44.0 Å². The average Bonchev–Trinajstić information content (AvgIpc) is 3.87. The summed E-state index contributed by atoms with van der Waals surface area (Å²) in [4.78, 5) is 39.0. The Balaban J connectivity index is 1.33. The van der Waals surface area contributed by atoms with Gasteiger partial charge in [-0.2, -0.15) is 0 Å². The molecule has 2 N–H and O–H groups in total. The molecule has 1 aliphatic rings. The summed E-state index contributed by atoms with van der Waals surface area (Å²) >= 11 is 0. The van der Waals surface area contributed by atoms with Crippen LogP contribution in [0.4, 0.5) is 10.2 Å². The Morgan fingerprint density at radius 1 is 0.889 bits per heavy atom. The molecule has 7 rings (SSSR count). The van der Waals surface area contributed by atoms with E-state index in [1.54, 1.807) is 44.6 Å². The zero-order valence-electron chi connectivity index (χ0n) is 36.1. The van der Waals surface area contributed by atoms with Gasteiger partial charge in [-0.3, -0.25) is 0 Å². The number of nitrogens with one attached hydrogen (secondary N) is 1. The first-order valence-corrected chi connectivity index (χ1v) is 22.8. The number of carbonyl (C=O) groups excluding carboxylic acids is 1. The van der Waals surface area contributed by atoms with E-state index in [-0.39, 0.29) is 48.3 Å². The molecule has 4 atom stereocenters. The maximum absolute atomic E-state index is 17.7. The number of aromatic nitrogens is 4. The Morgan fingerprint density at radius 3 is 2.02 bits per heavy atom. The van der Waals surface area contributed by atoms with Crippen molar-refractivity contribution in [3.63, 3.8) is 0 Å². The van der Waals surface area contributed by atoms with Crippen LogP contribution in [-0.4, -0.2) is 92.4 Å². The molecule has 1 aliphatic heterocycles. The fraction of sp³-hybridized carbons (Fsp3) is 0.340. The summed E-state index contributed by atoms with van der Waals surface area (Å²) in [6.45, 7) is 7.48. The molecule has 0 aliphatic carbocycles. The molecule has 1 amide bonds. The van der Waals surface area contributed by atoms with Crippen molar-refractivity contribution in [2.75, 3.05) is 32.3 Å². The quantitative estimate of drug-likeness (QED) is 0.0628. The van der Waals surface area contributed by atoms with E-state index in [9.17, 15) is 14.9 Å². The number of rotatable bonds is 18. The number of hydrogen-bond donors (Lipinski definition) is 2. The van der Waals surface area contributed by atoms with Gasteiger partial charge in [0.1, 0.15) is 0 Å². The van der Waals surface area contributed by atoms with Crippen LogP contribution in [0.2, 0.25) is 0 Å². The summed E-state index contributed by atoms with van der Waals surface area (Å²) in [5, 5.41) is 12.5. The first-order chi connectivity index (χ1) is 30.4. The molecule has 2 aromatic heterocycles. The Labute approximate surface area is 367 Å². The third kappa shape index (κ3) is 9.29.